The molecule has 1 atom stereocenters. The average molecular weight is 402 g/mol. The average Bonchev–Trinajstić information content (AvgIpc) is 3.19. The van der Waals surface area contributed by atoms with E-state index in [1.165, 1.54) is 11.1 Å². The molecule has 3 heterocycles. The van der Waals surface area contributed by atoms with Crippen LogP contribution in [0.25, 0.3) is 0 Å². The summed E-state index contributed by atoms with van der Waals surface area (Å²) in [5, 5.41) is 14.9. The molecule has 2 aliphatic heterocycles. The van der Waals surface area contributed by atoms with Crippen molar-refractivity contribution in [2.24, 2.45) is 5.92 Å². The first kappa shape index (κ1) is 20.0. The number of fused-ring (bicyclic) bond motifs is 1. The van der Waals surface area contributed by atoms with Crippen LogP contribution in [0.3, 0.4) is 0 Å². The zero-order valence-corrected chi connectivity index (χ0v) is 17.4. The minimum Gasteiger partial charge on any atom is -0.493 e. The SMILES string of the molecule is COc1cc2c(cc1OC)CN(CC(O)C1CCN(c3noc(C)n3)CC1)CC2. The Morgan fingerprint density at radius 3 is 2.45 bits per heavy atom. The van der Waals surface area contributed by atoms with Gasteiger partial charge in [-0.05, 0) is 53.6 Å². The minimum absolute atomic E-state index is 0.297. The van der Waals surface area contributed by atoms with E-state index in [2.05, 4.69) is 32.1 Å². The first-order valence-corrected chi connectivity index (χ1v) is 10.3. The first-order valence-electron chi connectivity index (χ1n) is 10.3. The molecule has 8 heteroatoms. The van der Waals surface area contributed by atoms with Gasteiger partial charge in [-0.25, -0.2) is 0 Å². The number of ether oxygens (including phenoxy) is 2. The molecule has 2 aromatic rings. The number of anilines is 1. The van der Waals surface area contributed by atoms with Crippen molar-refractivity contribution >= 4 is 5.95 Å². The molecule has 0 saturated carbocycles. The van der Waals surface area contributed by atoms with Crippen LogP contribution < -0.4 is 14.4 Å². The summed E-state index contributed by atoms with van der Waals surface area (Å²) in [6, 6.07) is 4.15. The predicted octanol–water partition coefficient (Wildman–Crippen LogP) is 2.03. The van der Waals surface area contributed by atoms with E-state index in [0.717, 1.165) is 56.9 Å². The van der Waals surface area contributed by atoms with Gasteiger partial charge in [0.2, 0.25) is 5.89 Å². The van der Waals surface area contributed by atoms with Crippen molar-refractivity contribution in [1.29, 1.82) is 0 Å². The first-order chi connectivity index (χ1) is 14.1. The highest BCUT2D eigenvalue weighted by atomic mass is 16.5. The van der Waals surface area contributed by atoms with Gasteiger partial charge in [-0.15, -0.1) is 0 Å². The van der Waals surface area contributed by atoms with Crippen LogP contribution in [0, 0.1) is 12.8 Å². The van der Waals surface area contributed by atoms with Crippen molar-refractivity contribution in [3.05, 3.63) is 29.2 Å². The molecule has 1 N–H and O–H groups in total. The number of aliphatic hydroxyl groups is 1. The van der Waals surface area contributed by atoms with Gasteiger partial charge in [0.25, 0.3) is 5.95 Å². The molecule has 0 radical (unpaired) electrons. The molecule has 1 unspecified atom stereocenters. The zero-order chi connectivity index (χ0) is 20.4. The van der Waals surface area contributed by atoms with E-state index in [0.29, 0.717) is 24.3 Å². The molecule has 0 aliphatic carbocycles. The molecule has 8 nitrogen and oxygen atoms in total. The van der Waals surface area contributed by atoms with Crippen molar-refractivity contribution in [3.63, 3.8) is 0 Å². The van der Waals surface area contributed by atoms with Gasteiger partial charge in [0.15, 0.2) is 11.5 Å². The quantitative estimate of drug-likeness (QED) is 0.786. The van der Waals surface area contributed by atoms with Crippen LogP contribution in [0.4, 0.5) is 5.95 Å². The van der Waals surface area contributed by atoms with Gasteiger partial charge in [0.05, 0.1) is 20.3 Å². The molecule has 0 amide bonds. The fourth-order valence-electron chi connectivity index (χ4n) is 4.41. The third kappa shape index (κ3) is 4.33. The number of piperidine rings is 1. The second kappa shape index (κ2) is 8.59. The number of aromatic nitrogens is 2. The number of hydrogen-bond donors (Lipinski definition) is 1. The molecule has 1 saturated heterocycles. The number of rotatable bonds is 6. The van der Waals surface area contributed by atoms with Crippen molar-refractivity contribution < 1.29 is 19.1 Å². The molecule has 158 valence electrons. The molecular weight excluding hydrogens is 372 g/mol. The van der Waals surface area contributed by atoms with Crippen LogP contribution in [0.15, 0.2) is 16.7 Å². The van der Waals surface area contributed by atoms with Crippen molar-refractivity contribution in [1.82, 2.24) is 15.0 Å². The van der Waals surface area contributed by atoms with E-state index in [1.807, 2.05) is 0 Å². The number of benzene rings is 1. The van der Waals surface area contributed by atoms with Crippen LogP contribution in [0.1, 0.15) is 29.9 Å². The number of aryl methyl sites for hydroxylation is 1. The largest absolute Gasteiger partial charge is 0.493 e. The number of β-amino-alcohol motifs (C(OH)–C–C–N with tert-alkyl or cyclic N) is 1. The van der Waals surface area contributed by atoms with Crippen molar-refractivity contribution in [2.45, 2.75) is 38.8 Å². The van der Waals surface area contributed by atoms with Gasteiger partial charge in [0.1, 0.15) is 0 Å². The van der Waals surface area contributed by atoms with E-state index in [1.54, 1.807) is 21.1 Å². The van der Waals surface area contributed by atoms with Gasteiger partial charge in [-0.1, -0.05) is 0 Å². The normalized spacial score (nSPS) is 19.1. The predicted molar refractivity (Wildman–Crippen MR) is 109 cm³/mol. The molecule has 29 heavy (non-hydrogen) atoms. The second-order valence-electron chi connectivity index (χ2n) is 7.97. The Balaban J connectivity index is 1.32. The number of methoxy groups -OCH3 is 2. The Labute approximate surface area is 171 Å². The zero-order valence-electron chi connectivity index (χ0n) is 17.4. The Kier molecular flexibility index (Phi) is 5.91. The monoisotopic (exact) mass is 402 g/mol. The van der Waals surface area contributed by atoms with E-state index < -0.39 is 0 Å². The molecule has 1 fully saturated rings. The molecular formula is C21H30N4O4. The molecule has 0 bridgehead atoms. The highest BCUT2D eigenvalue weighted by Crippen LogP contribution is 2.33. The van der Waals surface area contributed by atoms with Gasteiger partial charge >= 0.3 is 0 Å². The van der Waals surface area contributed by atoms with Crippen LogP contribution in [0.5, 0.6) is 11.5 Å². The number of nitrogens with zero attached hydrogens (tertiary/aromatic N) is 4. The third-order valence-electron chi connectivity index (χ3n) is 6.13. The third-order valence-corrected chi connectivity index (χ3v) is 6.13. The van der Waals surface area contributed by atoms with E-state index in [9.17, 15) is 5.11 Å². The highest BCUT2D eigenvalue weighted by Gasteiger charge is 2.29. The standard InChI is InChI=1S/C21H30N4O4/c1-14-22-21(23-29-14)25-8-5-15(6-9-25)18(26)13-24-7-4-16-10-19(27-2)20(28-3)11-17(16)12-24/h10-11,15,18,26H,4-9,12-13H2,1-3H3. The summed E-state index contributed by atoms with van der Waals surface area (Å²) in [7, 11) is 3.33. The summed E-state index contributed by atoms with van der Waals surface area (Å²) in [5.74, 6) is 3.08. The van der Waals surface area contributed by atoms with Crippen LogP contribution in [-0.4, -0.2) is 66.6 Å². The fourth-order valence-corrected chi connectivity index (χ4v) is 4.41. The summed E-state index contributed by atoms with van der Waals surface area (Å²) in [4.78, 5) is 8.78. The topological polar surface area (TPSA) is 84.1 Å². The lowest BCUT2D eigenvalue weighted by Gasteiger charge is -2.36. The van der Waals surface area contributed by atoms with E-state index in [-0.39, 0.29) is 6.10 Å². The Morgan fingerprint density at radius 2 is 1.83 bits per heavy atom. The van der Waals surface area contributed by atoms with Crippen LogP contribution >= 0.6 is 0 Å². The second-order valence-corrected chi connectivity index (χ2v) is 7.97. The highest BCUT2D eigenvalue weighted by molar-refractivity contribution is 5.48. The molecule has 1 aromatic heterocycles. The maximum Gasteiger partial charge on any atom is 0.266 e. The van der Waals surface area contributed by atoms with Gasteiger partial charge in [-0.2, -0.15) is 4.98 Å². The summed E-state index contributed by atoms with van der Waals surface area (Å²) in [6.45, 7) is 5.96. The molecule has 4 rings (SSSR count). The van der Waals surface area contributed by atoms with Gasteiger partial charge in [-0.3, -0.25) is 4.90 Å². The maximum atomic E-state index is 10.9. The fraction of sp³-hybridized carbons (Fsp3) is 0.619. The molecule has 0 spiro atoms. The Hall–Kier alpha value is -2.32. The van der Waals surface area contributed by atoms with Crippen molar-refractivity contribution in [2.75, 3.05) is 45.3 Å². The Bertz CT molecular complexity index is 832. The summed E-state index contributed by atoms with van der Waals surface area (Å²) in [6.07, 6.45) is 2.50. The van der Waals surface area contributed by atoms with Gasteiger partial charge < -0.3 is 24.0 Å². The van der Waals surface area contributed by atoms with Crippen molar-refractivity contribution in [3.8, 4) is 11.5 Å². The lowest BCUT2D eigenvalue weighted by atomic mass is 9.90. The Morgan fingerprint density at radius 1 is 1.14 bits per heavy atom. The summed E-state index contributed by atoms with van der Waals surface area (Å²) >= 11 is 0. The maximum absolute atomic E-state index is 10.9. The molecule has 1 aromatic carbocycles. The number of hydrogen-bond acceptors (Lipinski definition) is 8. The minimum atomic E-state index is -0.328. The van der Waals surface area contributed by atoms with Crippen LogP contribution in [0.2, 0.25) is 0 Å². The summed E-state index contributed by atoms with van der Waals surface area (Å²) in [5.41, 5.74) is 2.56. The summed E-state index contributed by atoms with van der Waals surface area (Å²) < 4.78 is 15.9. The van der Waals surface area contributed by atoms with E-state index >= 15 is 0 Å². The van der Waals surface area contributed by atoms with Gasteiger partial charge in [0, 0.05) is 39.6 Å². The molecule has 2 aliphatic rings. The lowest BCUT2D eigenvalue weighted by Crippen LogP contribution is -2.44. The smallest absolute Gasteiger partial charge is 0.266 e. The van der Waals surface area contributed by atoms with E-state index in [4.69, 9.17) is 14.0 Å². The number of aliphatic hydroxyl groups excluding tert-OH is 1. The lowest BCUT2D eigenvalue weighted by molar-refractivity contribution is 0.0486. The van der Waals surface area contributed by atoms with Crippen LogP contribution in [-0.2, 0) is 13.0 Å².